The van der Waals surface area contributed by atoms with Crippen LogP contribution < -0.4 is 5.32 Å². The molecule has 0 unspecified atom stereocenters. The highest BCUT2D eigenvalue weighted by Gasteiger charge is 2.14. The van der Waals surface area contributed by atoms with Gasteiger partial charge in [0.15, 0.2) is 0 Å². The Bertz CT molecular complexity index is 992. The van der Waals surface area contributed by atoms with Gasteiger partial charge in [0, 0.05) is 23.1 Å². The maximum absolute atomic E-state index is 12.5. The molecule has 0 saturated heterocycles. The fourth-order valence-electron chi connectivity index (χ4n) is 2.99. The summed E-state index contributed by atoms with van der Waals surface area (Å²) in [5.74, 6) is 0.177. The highest BCUT2D eigenvalue weighted by Crippen LogP contribution is 2.30. The number of non-ortho nitro benzene ring substituents is 1. The second-order valence-corrected chi connectivity index (χ2v) is 8.00. The lowest BCUT2D eigenvalue weighted by Gasteiger charge is -2.14. The normalized spacial score (nSPS) is 11.6. The Morgan fingerprint density at radius 3 is 2.52 bits per heavy atom. The second-order valence-electron chi connectivity index (χ2n) is 6.67. The van der Waals surface area contributed by atoms with E-state index in [0.29, 0.717) is 0 Å². The molecule has 1 amide bonds. The molecule has 5 nitrogen and oxygen atoms in total. The predicted molar refractivity (Wildman–Crippen MR) is 118 cm³/mol. The molecule has 3 rings (SSSR count). The van der Waals surface area contributed by atoms with Crippen LogP contribution in [0.25, 0.3) is 0 Å². The standard InChI is InChI=1S/C23H22N2O3S/c1-17(19-11-7-12-21(15-19)25(27)28)29-16-23(26)24-22-13-6-5-10-20(22)14-18-8-3-2-4-9-18/h2-13,15,17H,14,16H2,1H3,(H,24,26)/t17-/m1/s1. The van der Waals surface area contributed by atoms with Crippen LogP contribution in [0, 0.1) is 10.1 Å². The molecule has 3 aromatic rings. The molecule has 0 saturated carbocycles. The fourth-order valence-corrected chi connectivity index (χ4v) is 3.80. The molecule has 0 spiro atoms. The minimum Gasteiger partial charge on any atom is -0.325 e. The summed E-state index contributed by atoms with van der Waals surface area (Å²) < 4.78 is 0. The first kappa shape index (κ1) is 20.6. The van der Waals surface area contributed by atoms with Gasteiger partial charge in [-0.05, 0) is 36.1 Å². The molecule has 0 fully saturated rings. The highest BCUT2D eigenvalue weighted by molar-refractivity contribution is 8.00. The number of hydrogen-bond acceptors (Lipinski definition) is 4. The van der Waals surface area contributed by atoms with Crippen molar-refractivity contribution < 1.29 is 9.72 Å². The zero-order valence-corrected chi connectivity index (χ0v) is 16.9. The van der Waals surface area contributed by atoms with Crippen molar-refractivity contribution in [1.29, 1.82) is 0 Å². The average Bonchev–Trinajstić information content (AvgIpc) is 2.74. The molecule has 3 aromatic carbocycles. The average molecular weight is 407 g/mol. The molecule has 0 aromatic heterocycles. The first-order valence-corrected chi connectivity index (χ1v) is 10.4. The number of rotatable bonds is 8. The summed E-state index contributed by atoms with van der Waals surface area (Å²) in [5, 5.41) is 13.9. The van der Waals surface area contributed by atoms with Crippen LogP contribution in [-0.2, 0) is 11.2 Å². The van der Waals surface area contributed by atoms with E-state index in [1.807, 2.05) is 55.5 Å². The quantitative estimate of drug-likeness (QED) is 0.389. The number of carbonyl (C=O) groups excluding carboxylic acids is 1. The van der Waals surface area contributed by atoms with Gasteiger partial charge in [-0.25, -0.2) is 0 Å². The van der Waals surface area contributed by atoms with E-state index in [9.17, 15) is 14.9 Å². The Hall–Kier alpha value is -3.12. The Kier molecular flexibility index (Phi) is 7.03. The van der Waals surface area contributed by atoms with Crippen LogP contribution in [-0.4, -0.2) is 16.6 Å². The molecule has 0 aliphatic carbocycles. The molecule has 0 heterocycles. The molecule has 148 valence electrons. The van der Waals surface area contributed by atoms with Gasteiger partial charge in [0.1, 0.15) is 0 Å². The molecule has 6 heteroatoms. The smallest absolute Gasteiger partial charge is 0.269 e. The Morgan fingerprint density at radius 2 is 1.76 bits per heavy atom. The van der Waals surface area contributed by atoms with Crippen LogP contribution in [0.2, 0.25) is 0 Å². The number of thioether (sulfide) groups is 1. The highest BCUT2D eigenvalue weighted by atomic mass is 32.2. The monoisotopic (exact) mass is 406 g/mol. The van der Waals surface area contributed by atoms with E-state index >= 15 is 0 Å². The minimum absolute atomic E-state index is 0.0276. The molecule has 29 heavy (non-hydrogen) atoms. The number of nitrogens with one attached hydrogen (secondary N) is 1. The molecule has 0 aliphatic rings. The second kappa shape index (κ2) is 9.89. The fraction of sp³-hybridized carbons (Fsp3) is 0.174. The number of nitro benzene ring substituents is 1. The molecular formula is C23H22N2O3S. The Labute approximate surface area is 174 Å². The number of para-hydroxylation sites is 1. The van der Waals surface area contributed by atoms with Gasteiger partial charge in [0.2, 0.25) is 5.91 Å². The van der Waals surface area contributed by atoms with Gasteiger partial charge in [-0.15, -0.1) is 11.8 Å². The van der Waals surface area contributed by atoms with Crippen LogP contribution in [0.3, 0.4) is 0 Å². The van der Waals surface area contributed by atoms with E-state index in [2.05, 4.69) is 17.4 Å². The van der Waals surface area contributed by atoms with E-state index in [1.54, 1.807) is 12.1 Å². The van der Waals surface area contributed by atoms with Crippen molar-refractivity contribution in [3.05, 3.63) is 106 Å². The van der Waals surface area contributed by atoms with Crippen molar-refractivity contribution in [3.63, 3.8) is 0 Å². The van der Waals surface area contributed by atoms with Crippen molar-refractivity contribution in [2.45, 2.75) is 18.6 Å². The third-order valence-electron chi connectivity index (χ3n) is 4.54. The van der Waals surface area contributed by atoms with E-state index in [4.69, 9.17) is 0 Å². The summed E-state index contributed by atoms with van der Waals surface area (Å²) in [6.07, 6.45) is 0.745. The summed E-state index contributed by atoms with van der Waals surface area (Å²) >= 11 is 1.45. The summed E-state index contributed by atoms with van der Waals surface area (Å²) in [7, 11) is 0. The molecule has 0 radical (unpaired) electrons. The van der Waals surface area contributed by atoms with E-state index < -0.39 is 4.92 Å². The number of carbonyl (C=O) groups is 1. The van der Waals surface area contributed by atoms with Gasteiger partial charge >= 0.3 is 0 Å². The van der Waals surface area contributed by atoms with Crippen molar-refractivity contribution in [2.75, 3.05) is 11.1 Å². The van der Waals surface area contributed by atoms with Gasteiger partial charge in [-0.3, -0.25) is 14.9 Å². The Morgan fingerprint density at radius 1 is 1.03 bits per heavy atom. The van der Waals surface area contributed by atoms with Crippen molar-refractivity contribution >= 4 is 29.0 Å². The predicted octanol–water partition coefficient (Wildman–Crippen LogP) is 5.62. The third kappa shape index (κ3) is 5.93. The molecule has 1 N–H and O–H groups in total. The van der Waals surface area contributed by atoms with Crippen molar-refractivity contribution in [2.24, 2.45) is 0 Å². The number of hydrogen-bond donors (Lipinski definition) is 1. The SMILES string of the molecule is C[C@@H](SCC(=O)Nc1ccccc1Cc1ccccc1)c1cccc([N+](=O)[O-])c1. The van der Waals surface area contributed by atoms with Crippen LogP contribution in [0.4, 0.5) is 11.4 Å². The minimum atomic E-state index is -0.405. The van der Waals surface area contributed by atoms with Crippen molar-refractivity contribution in [1.82, 2.24) is 0 Å². The van der Waals surface area contributed by atoms with Crippen LogP contribution in [0.1, 0.15) is 28.9 Å². The number of benzene rings is 3. The number of nitro groups is 1. The summed E-state index contributed by atoms with van der Waals surface area (Å²) in [4.78, 5) is 23.0. The zero-order chi connectivity index (χ0) is 20.6. The topological polar surface area (TPSA) is 72.2 Å². The first-order chi connectivity index (χ1) is 14.0. The van der Waals surface area contributed by atoms with Crippen LogP contribution >= 0.6 is 11.8 Å². The lowest BCUT2D eigenvalue weighted by molar-refractivity contribution is -0.384. The summed E-state index contributed by atoms with van der Waals surface area (Å²) in [6.45, 7) is 1.94. The van der Waals surface area contributed by atoms with Gasteiger partial charge in [0.05, 0.1) is 10.7 Å². The third-order valence-corrected chi connectivity index (χ3v) is 5.74. The van der Waals surface area contributed by atoms with Gasteiger partial charge < -0.3 is 5.32 Å². The van der Waals surface area contributed by atoms with E-state index in [-0.39, 0.29) is 22.6 Å². The van der Waals surface area contributed by atoms with Gasteiger partial charge in [-0.1, -0.05) is 60.7 Å². The molecule has 1 atom stereocenters. The summed E-state index contributed by atoms with van der Waals surface area (Å²) in [6, 6.07) is 24.5. The van der Waals surface area contributed by atoms with Crippen LogP contribution in [0.15, 0.2) is 78.9 Å². The zero-order valence-electron chi connectivity index (χ0n) is 16.1. The van der Waals surface area contributed by atoms with Gasteiger partial charge in [-0.2, -0.15) is 0 Å². The maximum Gasteiger partial charge on any atom is 0.269 e. The number of anilines is 1. The van der Waals surface area contributed by atoms with E-state index in [1.165, 1.54) is 23.4 Å². The number of nitrogens with zero attached hydrogens (tertiary/aromatic N) is 1. The lowest BCUT2D eigenvalue weighted by Crippen LogP contribution is -2.16. The molecule has 0 bridgehead atoms. The summed E-state index contributed by atoms with van der Waals surface area (Å²) in [5.41, 5.74) is 3.95. The van der Waals surface area contributed by atoms with Crippen LogP contribution in [0.5, 0.6) is 0 Å². The molecular weight excluding hydrogens is 384 g/mol. The van der Waals surface area contributed by atoms with Gasteiger partial charge in [0.25, 0.3) is 5.69 Å². The largest absolute Gasteiger partial charge is 0.325 e. The maximum atomic E-state index is 12.5. The first-order valence-electron chi connectivity index (χ1n) is 9.30. The van der Waals surface area contributed by atoms with E-state index in [0.717, 1.165) is 23.2 Å². The van der Waals surface area contributed by atoms with Crippen molar-refractivity contribution in [3.8, 4) is 0 Å². The number of amides is 1. The Balaban J connectivity index is 1.60. The lowest BCUT2D eigenvalue weighted by atomic mass is 10.0. The molecule has 0 aliphatic heterocycles.